The van der Waals surface area contributed by atoms with Gasteiger partial charge in [0, 0.05) is 24.7 Å². The van der Waals surface area contributed by atoms with Gasteiger partial charge in [-0.15, -0.1) is 0 Å². The molecule has 5 rings (SSSR count). The van der Waals surface area contributed by atoms with Gasteiger partial charge in [0.1, 0.15) is 0 Å². The van der Waals surface area contributed by atoms with E-state index in [4.69, 9.17) is 4.74 Å². The molecule has 0 radical (unpaired) electrons. The van der Waals surface area contributed by atoms with Gasteiger partial charge in [0.15, 0.2) is 6.10 Å². The summed E-state index contributed by atoms with van der Waals surface area (Å²) in [4.78, 5) is 15.4. The largest absolute Gasteiger partial charge is 0.479 e. The lowest BCUT2D eigenvalue weighted by Gasteiger charge is -2.42. The van der Waals surface area contributed by atoms with Gasteiger partial charge in [0.05, 0.1) is 5.60 Å². The standard InChI is InChI=1S/C36H45NO3/c1-23-15-17-27(18-16-23)32-25(3)31-22-37(29-14-10-13-28(21-29)26-11-8-7-9-12-26)20-19-30(31)24(2)33(32)34(35(38)39)40-36(4,5)6/h7-9,11-12,15-18,28-29,34H,10,13-14,19-22H2,1-6H3,(H,38,39)/t28?,29?,34-/m0/s1. The number of carbonyl (C=O) groups is 1. The molecule has 3 aromatic carbocycles. The van der Waals surface area contributed by atoms with E-state index in [1.807, 2.05) is 20.8 Å². The number of fused-ring (bicyclic) bond motifs is 1. The van der Waals surface area contributed by atoms with Gasteiger partial charge in [-0.1, -0.05) is 66.6 Å². The van der Waals surface area contributed by atoms with Crippen LogP contribution in [0.3, 0.4) is 0 Å². The van der Waals surface area contributed by atoms with Crippen molar-refractivity contribution in [2.45, 2.75) is 104 Å². The first-order valence-electron chi connectivity index (χ1n) is 14.9. The molecular formula is C36H45NO3. The van der Waals surface area contributed by atoms with Gasteiger partial charge in [-0.25, -0.2) is 4.79 Å². The Bertz CT molecular complexity index is 1350. The first-order valence-corrected chi connectivity index (χ1v) is 14.9. The number of ether oxygens (including phenoxy) is 1. The number of nitrogens with zero attached hydrogens (tertiary/aromatic N) is 1. The summed E-state index contributed by atoms with van der Waals surface area (Å²) in [6, 6.07) is 20.1. The maximum absolute atomic E-state index is 12.7. The van der Waals surface area contributed by atoms with Crippen LogP contribution in [0.5, 0.6) is 0 Å². The van der Waals surface area contributed by atoms with E-state index in [2.05, 4.69) is 80.3 Å². The molecule has 1 heterocycles. The molecule has 0 spiro atoms. The smallest absolute Gasteiger partial charge is 0.337 e. The molecule has 2 aliphatic rings. The van der Waals surface area contributed by atoms with Gasteiger partial charge in [-0.2, -0.15) is 0 Å². The molecule has 1 fully saturated rings. The maximum atomic E-state index is 12.7. The number of aliphatic carboxylic acids is 1. The van der Waals surface area contributed by atoms with E-state index in [-0.39, 0.29) is 0 Å². The highest BCUT2D eigenvalue weighted by molar-refractivity contribution is 5.84. The van der Waals surface area contributed by atoms with Crippen molar-refractivity contribution in [1.29, 1.82) is 0 Å². The fourth-order valence-corrected chi connectivity index (χ4v) is 7.09. The monoisotopic (exact) mass is 539 g/mol. The SMILES string of the molecule is Cc1ccc(-c2c(C)c3c(c(C)c2[C@H](OC(C)(C)C)C(=O)O)CCN(C2CCCC(c4ccccc4)C2)C3)cc1. The summed E-state index contributed by atoms with van der Waals surface area (Å²) in [7, 11) is 0. The zero-order valence-corrected chi connectivity index (χ0v) is 25.1. The van der Waals surface area contributed by atoms with Gasteiger partial charge in [0.2, 0.25) is 0 Å². The first-order chi connectivity index (χ1) is 19.0. The predicted octanol–water partition coefficient (Wildman–Crippen LogP) is 8.30. The molecular weight excluding hydrogens is 494 g/mol. The lowest BCUT2D eigenvalue weighted by atomic mass is 9.78. The number of hydrogen-bond acceptors (Lipinski definition) is 3. The molecule has 1 aliphatic carbocycles. The average Bonchev–Trinajstić information content (AvgIpc) is 2.94. The molecule has 1 aliphatic heterocycles. The molecule has 3 atom stereocenters. The molecule has 40 heavy (non-hydrogen) atoms. The van der Waals surface area contributed by atoms with Crippen molar-refractivity contribution in [3.8, 4) is 11.1 Å². The van der Waals surface area contributed by atoms with E-state index in [0.717, 1.165) is 41.8 Å². The predicted molar refractivity (Wildman–Crippen MR) is 163 cm³/mol. The van der Waals surface area contributed by atoms with Gasteiger partial charge in [0.25, 0.3) is 0 Å². The Morgan fingerprint density at radius 2 is 1.65 bits per heavy atom. The number of hydrogen-bond donors (Lipinski definition) is 1. The Hall–Kier alpha value is -2.95. The van der Waals surface area contributed by atoms with Gasteiger partial charge < -0.3 is 9.84 Å². The molecule has 0 saturated heterocycles. The fourth-order valence-electron chi connectivity index (χ4n) is 7.09. The Balaban J connectivity index is 1.56. The second-order valence-corrected chi connectivity index (χ2v) is 13.0. The number of aryl methyl sites for hydroxylation is 1. The summed E-state index contributed by atoms with van der Waals surface area (Å²) in [5, 5.41) is 10.4. The van der Waals surface area contributed by atoms with Crippen LogP contribution in [0, 0.1) is 20.8 Å². The lowest BCUT2D eigenvalue weighted by molar-refractivity contribution is -0.160. The normalized spacial score (nSPS) is 20.6. The molecule has 4 nitrogen and oxygen atoms in total. The van der Waals surface area contributed by atoms with Crippen molar-refractivity contribution < 1.29 is 14.6 Å². The fraction of sp³-hybridized carbons (Fsp3) is 0.472. The van der Waals surface area contributed by atoms with Crippen molar-refractivity contribution in [1.82, 2.24) is 4.90 Å². The Labute approximate surface area is 240 Å². The van der Waals surface area contributed by atoms with Crippen LogP contribution in [-0.4, -0.2) is 34.2 Å². The Morgan fingerprint density at radius 3 is 2.30 bits per heavy atom. The van der Waals surface area contributed by atoms with Crippen molar-refractivity contribution in [3.63, 3.8) is 0 Å². The van der Waals surface area contributed by atoms with Crippen LogP contribution in [0.15, 0.2) is 54.6 Å². The van der Waals surface area contributed by atoms with E-state index in [1.165, 1.54) is 53.5 Å². The molecule has 0 amide bonds. The van der Waals surface area contributed by atoms with Gasteiger partial charge >= 0.3 is 5.97 Å². The number of carboxylic acid groups (broad SMARTS) is 1. The van der Waals surface area contributed by atoms with Crippen LogP contribution < -0.4 is 0 Å². The van der Waals surface area contributed by atoms with E-state index >= 15 is 0 Å². The van der Waals surface area contributed by atoms with Crippen molar-refractivity contribution >= 4 is 5.97 Å². The van der Waals surface area contributed by atoms with E-state index in [0.29, 0.717) is 12.0 Å². The van der Waals surface area contributed by atoms with Crippen LogP contribution in [0.2, 0.25) is 0 Å². The summed E-state index contributed by atoms with van der Waals surface area (Å²) >= 11 is 0. The highest BCUT2D eigenvalue weighted by Gasteiger charge is 2.36. The van der Waals surface area contributed by atoms with Gasteiger partial charge in [-0.05, 0) is 112 Å². The topological polar surface area (TPSA) is 49.8 Å². The third-order valence-electron chi connectivity index (χ3n) is 9.06. The number of rotatable bonds is 6. The minimum atomic E-state index is -1.02. The molecule has 2 unspecified atom stereocenters. The summed E-state index contributed by atoms with van der Waals surface area (Å²) < 4.78 is 6.26. The van der Waals surface area contributed by atoms with Crippen molar-refractivity contribution in [3.05, 3.63) is 93.5 Å². The molecule has 1 saturated carbocycles. The molecule has 0 bridgehead atoms. The molecule has 212 valence electrons. The van der Waals surface area contributed by atoms with E-state index < -0.39 is 17.7 Å². The van der Waals surface area contributed by atoms with Crippen LogP contribution in [-0.2, 0) is 22.5 Å². The summed E-state index contributed by atoms with van der Waals surface area (Å²) in [6.07, 6.45) is 4.92. The number of benzene rings is 3. The van der Waals surface area contributed by atoms with E-state index in [1.54, 1.807) is 0 Å². The summed E-state index contributed by atoms with van der Waals surface area (Å²) in [5.74, 6) is -0.308. The Kier molecular flexibility index (Phi) is 8.22. The molecule has 4 heteroatoms. The second kappa shape index (κ2) is 11.5. The van der Waals surface area contributed by atoms with Crippen molar-refractivity contribution in [2.24, 2.45) is 0 Å². The third kappa shape index (κ3) is 5.89. The number of carboxylic acids is 1. The maximum Gasteiger partial charge on any atom is 0.337 e. The van der Waals surface area contributed by atoms with Crippen LogP contribution in [0.4, 0.5) is 0 Å². The minimum absolute atomic E-state index is 0.574. The quantitative estimate of drug-likeness (QED) is 0.342. The van der Waals surface area contributed by atoms with E-state index in [9.17, 15) is 9.90 Å². The minimum Gasteiger partial charge on any atom is -0.479 e. The first kappa shape index (κ1) is 28.6. The van der Waals surface area contributed by atoms with Crippen LogP contribution in [0.25, 0.3) is 11.1 Å². The third-order valence-corrected chi connectivity index (χ3v) is 9.06. The van der Waals surface area contributed by atoms with Crippen molar-refractivity contribution in [2.75, 3.05) is 6.54 Å². The van der Waals surface area contributed by atoms with Gasteiger partial charge in [-0.3, -0.25) is 4.90 Å². The lowest BCUT2D eigenvalue weighted by Crippen LogP contribution is -2.42. The Morgan fingerprint density at radius 1 is 0.950 bits per heavy atom. The highest BCUT2D eigenvalue weighted by Crippen LogP contribution is 2.44. The average molecular weight is 540 g/mol. The summed E-state index contributed by atoms with van der Waals surface area (Å²) in [6.45, 7) is 14.1. The molecule has 1 N–H and O–H groups in total. The zero-order valence-electron chi connectivity index (χ0n) is 25.1. The second-order valence-electron chi connectivity index (χ2n) is 13.0. The molecule has 3 aromatic rings. The van der Waals surface area contributed by atoms with Crippen LogP contribution >= 0.6 is 0 Å². The highest BCUT2D eigenvalue weighted by atomic mass is 16.5. The van der Waals surface area contributed by atoms with Crippen LogP contribution in [0.1, 0.15) is 97.4 Å². The zero-order chi connectivity index (χ0) is 28.6. The molecule has 0 aromatic heterocycles. The summed E-state index contributed by atoms with van der Waals surface area (Å²) in [5.41, 5.74) is 9.96.